The van der Waals surface area contributed by atoms with Gasteiger partial charge in [-0.25, -0.2) is 4.99 Å². The van der Waals surface area contributed by atoms with Crippen molar-refractivity contribution >= 4 is 35.6 Å². The molecular weight excluding hydrogens is 297 g/mol. The molecule has 1 aromatic carbocycles. The Bertz CT molecular complexity index is 364. The molecule has 1 aromatic rings. The summed E-state index contributed by atoms with van der Waals surface area (Å²) in [6.07, 6.45) is 0. The van der Waals surface area contributed by atoms with E-state index in [1.807, 2.05) is 0 Å². The van der Waals surface area contributed by atoms with Gasteiger partial charge in [-0.2, -0.15) is 0 Å². The van der Waals surface area contributed by atoms with Crippen LogP contribution in [0.5, 0.6) is 11.5 Å². The number of hydrogen-bond donors (Lipinski definition) is 2. The van der Waals surface area contributed by atoms with Crippen molar-refractivity contribution in [1.29, 1.82) is 0 Å². The fourth-order valence-electron chi connectivity index (χ4n) is 1.10. The maximum absolute atomic E-state index is 5.23. The minimum atomic E-state index is 0. The van der Waals surface area contributed by atoms with Gasteiger partial charge in [0.05, 0.1) is 5.69 Å². The molecule has 0 saturated carbocycles. The summed E-state index contributed by atoms with van der Waals surface area (Å²) in [6.45, 7) is 0.251. The largest absolute Gasteiger partial charge is 0.454 e. The molecule has 0 aliphatic carbocycles. The van der Waals surface area contributed by atoms with Crippen LogP contribution < -0.4 is 20.9 Å². The highest BCUT2D eigenvalue weighted by Crippen LogP contribution is 2.34. The van der Waals surface area contributed by atoms with Gasteiger partial charge >= 0.3 is 0 Å². The first-order valence-corrected chi connectivity index (χ1v) is 3.75. The third-order valence-electron chi connectivity index (χ3n) is 1.61. The van der Waals surface area contributed by atoms with Gasteiger partial charge in [-0.3, -0.25) is 0 Å². The molecule has 14 heavy (non-hydrogen) atoms. The second-order valence-electron chi connectivity index (χ2n) is 2.57. The first-order chi connectivity index (χ1) is 6.25. The van der Waals surface area contributed by atoms with Gasteiger partial charge in [0.15, 0.2) is 17.5 Å². The number of hydrogen-bond acceptors (Lipinski definition) is 3. The molecule has 76 valence electrons. The van der Waals surface area contributed by atoms with Crippen LogP contribution in [0.3, 0.4) is 0 Å². The number of guanidine groups is 1. The van der Waals surface area contributed by atoms with E-state index >= 15 is 0 Å². The van der Waals surface area contributed by atoms with Gasteiger partial charge in [0.1, 0.15) is 0 Å². The highest BCUT2D eigenvalue weighted by molar-refractivity contribution is 14.0. The number of halogens is 1. The van der Waals surface area contributed by atoms with Crippen molar-refractivity contribution < 1.29 is 9.47 Å². The number of nitrogens with two attached hydrogens (primary N) is 2. The summed E-state index contributed by atoms with van der Waals surface area (Å²) in [7, 11) is 0. The topological polar surface area (TPSA) is 82.9 Å². The normalized spacial score (nSPS) is 11.7. The van der Waals surface area contributed by atoms with E-state index in [-0.39, 0.29) is 36.7 Å². The lowest BCUT2D eigenvalue weighted by Gasteiger charge is -1.97. The van der Waals surface area contributed by atoms with Crippen LogP contribution in [0.4, 0.5) is 5.69 Å². The Morgan fingerprint density at radius 2 is 1.93 bits per heavy atom. The molecule has 0 aromatic heterocycles. The summed E-state index contributed by atoms with van der Waals surface area (Å²) < 4.78 is 10.3. The fraction of sp³-hybridized carbons (Fsp3) is 0.125. The highest BCUT2D eigenvalue weighted by Gasteiger charge is 2.12. The zero-order chi connectivity index (χ0) is 9.26. The van der Waals surface area contributed by atoms with E-state index in [1.165, 1.54) is 0 Å². The Morgan fingerprint density at radius 1 is 1.21 bits per heavy atom. The molecule has 0 amide bonds. The lowest BCUT2D eigenvalue weighted by atomic mass is 10.3. The van der Waals surface area contributed by atoms with E-state index < -0.39 is 0 Å². The van der Waals surface area contributed by atoms with Gasteiger partial charge in [-0.05, 0) is 12.1 Å². The molecule has 0 atom stereocenters. The maximum Gasteiger partial charge on any atom is 0.231 e. The van der Waals surface area contributed by atoms with Crippen molar-refractivity contribution in [2.45, 2.75) is 0 Å². The quantitative estimate of drug-likeness (QED) is 0.459. The van der Waals surface area contributed by atoms with Crippen LogP contribution in [0.2, 0.25) is 0 Å². The predicted molar refractivity (Wildman–Crippen MR) is 63.4 cm³/mol. The first-order valence-electron chi connectivity index (χ1n) is 3.75. The molecule has 2 rings (SSSR count). The van der Waals surface area contributed by atoms with Crippen molar-refractivity contribution in [3.63, 3.8) is 0 Å². The number of fused-ring (bicyclic) bond motifs is 1. The lowest BCUT2D eigenvalue weighted by molar-refractivity contribution is 0.174. The zero-order valence-electron chi connectivity index (χ0n) is 7.27. The number of benzene rings is 1. The van der Waals surface area contributed by atoms with Crippen molar-refractivity contribution in [1.82, 2.24) is 0 Å². The Labute approximate surface area is 98.1 Å². The minimum absolute atomic E-state index is 0. The van der Waals surface area contributed by atoms with E-state index in [0.717, 1.165) is 5.75 Å². The monoisotopic (exact) mass is 307 g/mol. The molecule has 0 spiro atoms. The van der Waals surface area contributed by atoms with Crippen LogP contribution in [0.25, 0.3) is 0 Å². The standard InChI is InChI=1S/C8H9N3O2.HI/c9-8(10)11-5-1-2-6-7(3-5)13-4-12-6;/h1-3H,4H2,(H4,9,10,11);1H. The number of ether oxygens (including phenoxy) is 2. The molecule has 4 N–H and O–H groups in total. The van der Waals surface area contributed by atoms with E-state index in [2.05, 4.69) is 4.99 Å². The van der Waals surface area contributed by atoms with Crippen molar-refractivity contribution in [2.75, 3.05) is 6.79 Å². The number of aliphatic imine (C=N–C) groups is 1. The fourth-order valence-corrected chi connectivity index (χ4v) is 1.10. The van der Waals surface area contributed by atoms with Gasteiger partial charge in [-0.15, -0.1) is 24.0 Å². The summed E-state index contributed by atoms with van der Waals surface area (Å²) in [5.74, 6) is 1.41. The third-order valence-corrected chi connectivity index (χ3v) is 1.61. The molecule has 1 aliphatic rings. The molecule has 0 saturated heterocycles. The molecule has 1 aliphatic heterocycles. The minimum Gasteiger partial charge on any atom is -0.454 e. The summed E-state index contributed by atoms with van der Waals surface area (Å²) >= 11 is 0. The van der Waals surface area contributed by atoms with Crippen molar-refractivity contribution in [3.8, 4) is 11.5 Å². The first kappa shape index (κ1) is 10.9. The summed E-state index contributed by atoms with van der Waals surface area (Å²) in [4.78, 5) is 3.87. The Balaban J connectivity index is 0.000000980. The van der Waals surface area contributed by atoms with Crippen molar-refractivity contribution in [3.05, 3.63) is 18.2 Å². The van der Waals surface area contributed by atoms with E-state index in [9.17, 15) is 0 Å². The molecule has 5 nitrogen and oxygen atoms in total. The van der Waals surface area contributed by atoms with Crippen LogP contribution in [0.15, 0.2) is 23.2 Å². The predicted octanol–water partition coefficient (Wildman–Crippen LogP) is 0.938. The van der Waals surface area contributed by atoms with Crippen LogP contribution in [-0.2, 0) is 0 Å². The molecular formula is C8H10IN3O2. The average Bonchev–Trinajstić information content (AvgIpc) is 2.49. The molecule has 0 fully saturated rings. The lowest BCUT2D eigenvalue weighted by Crippen LogP contribution is -2.21. The van der Waals surface area contributed by atoms with E-state index in [1.54, 1.807) is 18.2 Å². The van der Waals surface area contributed by atoms with Crippen LogP contribution in [0, 0.1) is 0 Å². The van der Waals surface area contributed by atoms with Crippen molar-refractivity contribution in [2.24, 2.45) is 16.5 Å². The second kappa shape index (κ2) is 4.36. The Morgan fingerprint density at radius 3 is 2.64 bits per heavy atom. The Hall–Kier alpha value is -1.18. The smallest absolute Gasteiger partial charge is 0.231 e. The van der Waals surface area contributed by atoms with E-state index in [4.69, 9.17) is 20.9 Å². The van der Waals surface area contributed by atoms with Gasteiger partial charge in [0.25, 0.3) is 0 Å². The SMILES string of the molecule is I.NC(N)=Nc1ccc2c(c1)OCO2. The van der Waals surface area contributed by atoms with Gasteiger partial charge in [0, 0.05) is 6.07 Å². The number of rotatable bonds is 1. The van der Waals surface area contributed by atoms with Gasteiger partial charge in [0.2, 0.25) is 6.79 Å². The van der Waals surface area contributed by atoms with Gasteiger partial charge < -0.3 is 20.9 Å². The van der Waals surface area contributed by atoms with Crippen LogP contribution in [-0.4, -0.2) is 12.8 Å². The maximum atomic E-state index is 5.23. The zero-order valence-corrected chi connectivity index (χ0v) is 9.60. The van der Waals surface area contributed by atoms with E-state index in [0.29, 0.717) is 11.4 Å². The molecule has 0 unspecified atom stereocenters. The molecule has 1 heterocycles. The molecule has 0 radical (unpaired) electrons. The van der Waals surface area contributed by atoms with Gasteiger partial charge in [-0.1, -0.05) is 0 Å². The summed E-state index contributed by atoms with van der Waals surface area (Å²) in [6, 6.07) is 5.25. The molecule has 0 bridgehead atoms. The average molecular weight is 307 g/mol. The second-order valence-corrected chi connectivity index (χ2v) is 2.57. The summed E-state index contributed by atoms with van der Waals surface area (Å²) in [5, 5.41) is 0. The summed E-state index contributed by atoms with van der Waals surface area (Å²) in [5.41, 5.74) is 11.1. The van der Waals surface area contributed by atoms with Crippen LogP contribution in [0.1, 0.15) is 0 Å². The molecule has 6 heteroatoms. The highest BCUT2D eigenvalue weighted by atomic mass is 127. The number of nitrogens with zero attached hydrogens (tertiary/aromatic N) is 1. The van der Waals surface area contributed by atoms with Crippen LogP contribution >= 0.6 is 24.0 Å². The Kier molecular flexibility index (Phi) is 3.39. The third kappa shape index (κ3) is 2.19.